The van der Waals surface area contributed by atoms with Gasteiger partial charge >= 0.3 is 0 Å². The standard InChI is InChI=1S/C16H20N2O/c1-11(2)14-6-8-18(10-14)16(19)13-3-4-15-12(9-13)5-7-17-15/h3-5,7,9,11,14,17H,6,8,10H2,1-2H3. The number of hydrogen-bond donors (Lipinski definition) is 1. The first-order valence-electron chi connectivity index (χ1n) is 7.01. The molecule has 2 aromatic rings. The minimum atomic E-state index is 0.172. The van der Waals surface area contributed by atoms with Gasteiger partial charge in [0.25, 0.3) is 5.91 Å². The minimum absolute atomic E-state index is 0.172. The molecule has 1 aromatic heterocycles. The van der Waals surface area contributed by atoms with Crippen LogP contribution >= 0.6 is 0 Å². The van der Waals surface area contributed by atoms with Crippen LogP contribution in [-0.4, -0.2) is 28.9 Å². The van der Waals surface area contributed by atoms with E-state index in [0.717, 1.165) is 36.0 Å². The number of likely N-dealkylation sites (tertiary alicyclic amines) is 1. The summed E-state index contributed by atoms with van der Waals surface area (Å²) in [5.74, 6) is 1.48. The Hall–Kier alpha value is -1.77. The molecule has 1 atom stereocenters. The van der Waals surface area contributed by atoms with Gasteiger partial charge in [0.05, 0.1) is 0 Å². The zero-order chi connectivity index (χ0) is 13.4. The fourth-order valence-corrected chi connectivity index (χ4v) is 2.88. The van der Waals surface area contributed by atoms with Crippen molar-refractivity contribution in [2.75, 3.05) is 13.1 Å². The number of aromatic nitrogens is 1. The third kappa shape index (κ3) is 2.25. The van der Waals surface area contributed by atoms with Gasteiger partial charge in [0, 0.05) is 35.8 Å². The summed E-state index contributed by atoms with van der Waals surface area (Å²) in [6.45, 7) is 6.28. The summed E-state index contributed by atoms with van der Waals surface area (Å²) >= 11 is 0. The van der Waals surface area contributed by atoms with Crippen LogP contribution in [0.3, 0.4) is 0 Å². The van der Waals surface area contributed by atoms with Gasteiger partial charge in [-0.15, -0.1) is 0 Å². The maximum Gasteiger partial charge on any atom is 0.253 e. The predicted octanol–water partition coefficient (Wildman–Crippen LogP) is 3.29. The lowest BCUT2D eigenvalue weighted by Crippen LogP contribution is -2.29. The van der Waals surface area contributed by atoms with Crippen LogP contribution in [0.2, 0.25) is 0 Å². The zero-order valence-electron chi connectivity index (χ0n) is 11.5. The molecular formula is C16H20N2O. The van der Waals surface area contributed by atoms with E-state index in [1.165, 1.54) is 0 Å². The third-order valence-corrected chi connectivity index (χ3v) is 4.25. The Kier molecular flexibility index (Phi) is 3.05. The summed E-state index contributed by atoms with van der Waals surface area (Å²) in [4.78, 5) is 17.6. The maximum atomic E-state index is 12.5. The monoisotopic (exact) mass is 256 g/mol. The van der Waals surface area contributed by atoms with Gasteiger partial charge in [0.1, 0.15) is 0 Å². The number of fused-ring (bicyclic) bond motifs is 1. The van der Waals surface area contributed by atoms with Gasteiger partial charge in [-0.1, -0.05) is 13.8 Å². The van der Waals surface area contributed by atoms with Crippen LogP contribution in [0.15, 0.2) is 30.5 Å². The highest BCUT2D eigenvalue weighted by atomic mass is 16.2. The third-order valence-electron chi connectivity index (χ3n) is 4.25. The normalized spacial score (nSPS) is 19.5. The second-order valence-electron chi connectivity index (χ2n) is 5.82. The minimum Gasteiger partial charge on any atom is -0.361 e. The highest BCUT2D eigenvalue weighted by Crippen LogP contribution is 2.25. The number of rotatable bonds is 2. The molecule has 3 rings (SSSR count). The van der Waals surface area contributed by atoms with Crippen molar-refractivity contribution in [3.05, 3.63) is 36.0 Å². The lowest BCUT2D eigenvalue weighted by Gasteiger charge is -2.18. The summed E-state index contributed by atoms with van der Waals surface area (Å²) in [5.41, 5.74) is 1.88. The van der Waals surface area contributed by atoms with Crippen molar-refractivity contribution in [3.63, 3.8) is 0 Å². The average molecular weight is 256 g/mol. The van der Waals surface area contributed by atoms with E-state index in [1.54, 1.807) is 0 Å². The van der Waals surface area contributed by atoms with E-state index in [2.05, 4.69) is 18.8 Å². The molecule has 1 N–H and O–H groups in total. The number of benzene rings is 1. The smallest absolute Gasteiger partial charge is 0.253 e. The average Bonchev–Trinajstić information content (AvgIpc) is 3.06. The number of carbonyl (C=O) groups is 1. The Balaban J connectivity index is 1.80. The van der Waals surface area contributed by atoms with E-state index in [-0.39, 0.29) is 5.91 Å². The van der Waals surface area contributed by atoms with Crippen molar-refractivity contribution < 1.29 is 4.79 Å². The number of nitrogens with one attached hydrogen (secondary N) is 1. The molecule has 0 saturated carbocycles. The number of H-pyrrole nitrogens is 1. The quantitative estimate of drug-likeness (QED) is 0.879. The number of nitrogens with zero attached hydrogens (tertiary/aromatic N) is 1. The Morgan fingerprint density at radius 3 is 2.95 bits per heavy atom. The second kappa shape index (κ2) is 4.72. The van der Waals surface area contributed by atoms with Gasteiger partial charge < -0.3 is 9.88 Å². The number of carbonyl (C=O) groups excluding carboxylic acids is 1. The van der Waals surface area contributed by atoms with Crippen LogP contribution in [0.4, 0.5) is 0 Å². The molecule has 1 unspecified atom stereocenters. The number of hydrogen-bond acceptors (Lipinski definition) is 1. The second-order valence-corrected chi connectivity index (χ2v) is 5.82. The Morgan fingerprint density at radius 2 is 2.21 bits per heavy atom. The predicted molar refractivity (Wildman–Crippen MR) is 77.1 cm³/mol. The van der Waals surface area contributed by atoms with Crippen LogP contribution in [-0.2, 0) is 0 Å². The lowest BCUT2D eigenvalue weighted by atomic mass is 9.95. The van der Waals surface area contributed by atoms with Crippen molar-refractivity contribution in [2.24, 2.45) is 11.8 Å². The molecule has 1 amide bonds. The van der Waals surface area contributed by atoms with E-state index in [1.807, 2.05) is 35.4 Å². The van der Waals surface area contributed by atoms with Crippen LogP contribution in [0.25, 0.3) is 10.9 Å². The molecule has 100 valence electrons. The molecule has 0 bridgehead atoms. The highest BCUT2D eigenvalue weighted by Gasteiger charge is 2.28. The summed E-state index contributed by atoms with van der Waals surface area (Å²) in [7, 11) is 0. The van der Waals surface area contributed by atoms with Gasteiger partial charge in [0.2, 0.25) is 0 Å². The molecule has 3 heteroatoms. The van der Waals surface area contributed by atoms with E-state index >= 15 is 0 Å². The van der Waals surface area contributed by atoms with Gasteiger partial charge in [-0.05, 0) is 42.5 Å². The van der Waals surface area contributed by atoms with Crippen LogP contribution in [0, 0.1) is 11.8 Å². The van der Waals surface area contributed by atoms with Gasteiger partial charge in [0.15, 0.2) is 0 Å². The van der Waals surface area contributed by atoms with Crippen LogP contribution < -0.4 is 0 Å². The summed E-state index contributed by atoms with van der Waals surface area (Å²) < 4.78 is 0. The fraction of sp³-hybridized carbons (Fsp3) is 0.438. The first-order valence-corrected chi connectivity index (χ1v) is 7.01. The summed E-state index contributed by atoms with van der Waals surface area (Å²) in [6, 6.07) is 7.90. The maximum absolute atomic E-state index is 12.5. The van der Waals surface area contributed by atoms with Crippen LogP contribution in [0.5, 0.6) is 0 Å². The summed E-state index contributed by atoms with van der Waals surface area (Å²) in [5, 5.41) is 1.10. The van der Waals surface area contributed by atoms with Gasteiger partial charge in [-0.2, -0.15) is 0 Å². The van der Waals surface area contributed by atoms with Gasteiger partial charge in [-0.25, -0.2) is 0 Å². The molecule has 19 heavy (non-hydrogen) atoms. The molecular weight excluding hydrogens is 236 g/mol. The van der Waals surface area contributed by atoms with Crippen molar-refractivity contribution in [1.29, 1.82) is 0 Å². The SMILES string of the molecule is CC(C)C1CCN(C(=O)c2ccc3[nH]ccc3c2)C1. The van der Waals surface area contributed by atoms with Crippen LogP contribution in [0.1, 0.15) is 30.6 Å². The molecule has 0 radical (unpaired) electrons. The fourth-order valence-electron chi connectivity index (χ4n) is 2.88. The molecule has 1 aromatic carbocycles. The van der Waals surface area contributed by atoms with E-state index in [9.17, 15) is 4.79 Å². The molecule has 1 aliphatic rings. The van der Waals surface area contributed by atoms with E-state index in [4.69, 9.17) is 0 Å². The molecule has 1 aliphatic heterocycles. The molecule has 1 saturated heterocycles. The largest absolute Gasteiger partial charge is 0.361 e. The topological polar surface area (TPSA) is 36.1 Å². The first-order chi connectivity index (χ1) is 9.15. The molecule has 0 spiro atoms. The zero-order valence-corrected chi connectivity index (χ0v) is 11.5. The Morgan fingerprint density at radius 1 is 1.37 bits per heavy atom. The van der Waals surface area contributed by atoms with Crippen molar-refractivity contribution in [1.82, 2.24) is 9.88 Å². The number of aromatic amines is 1. The van der Waals surface area contributed by atoms with E-state index < -0.39 is 0 Å². The first kappa shape index (κ1) is 12.3. The summed E-state index contributed by atoms with van der Waals surface area (Å²) in [6.07, 6.45) is 3.04. The number of amides is 1. The lowest BCUT2D eigenvalue weighted by molar-refractivity contribution is 0.0784. The molecule has 1 fully saturated rings. The van der Waals surface area contributed by atoms with Crippen molar-refractivity contribution >= 4 is 16.8 Å². The van der Waals surface area contributed by atoms with Gasteiger partial charge in [-0.3, -0.25) is 4.79 Å². The Labute approximate surface area is 113 Å². The molecule has 2 heterocycles. The highest BCUT2D eigenvalue weighted by molar-refractivity contribution is 5.98. The van der Waals surface area contributed by atoms with Crippen molar-refractivity contribution in [2.45, 2.75) is 20.3 Å². The Bertz CT molecular complexity index is 600. The molecule has 0 aliphatic carbocycles. The molecule has 3 nitrogen and oxygen atoms in total. The van der Waals surface area contributed by atoms with E-state index in [0.29, 0.717) is 11.8 Å². The van der Waals surface area contributed by atoms with Crippen molar-refractivity contribution in [3.8, 4) is 0 Å².